The maximum Gasteiger partial charge on any atom is 0.138 e. The van der Waals surface area contributed by atoms with Gasteiger partial charge in [-0.25, -0.2) is 0 Å². The van der Waals surface area contributed by atoms with Crippen molar-refractivity contribution in [3.63, 3.8) is 0 Å². The molecular weight excluding hydrogens is 222 g/mol. The molecule has 1 heterocycles. The molecule has 16 heavy (non-hydrogen) atoms. The summed E-state index contributed by atoms with van der Waals surface area (Å²) in [5.41, 5.74) is 2.02. The fourth-order valence-corrected chi connectivity index (χ4v) is 2.07. The van der Waals surface area contributed by atoms with Gasteiger partial charge in [-0.3, -0.25) is 0 Å². The van der Waals surface area contributed by atoms with E-state index in [9.17, 15) is 0 Å². The van der Waals surface area contributed by atoms with Crippen molar-refractivity contribution in [3.8, 4) is 0 Å². The van der Waals surface area contributed by atoms with Crippen molar-refractivity contribution in [1.29, 1.82) is 0 Å². The van der Waals surface area contributed by atoms with Crippen molar-refractivity contribution < 1.29 is 4.42 Å². The van der Waals surface area contributed by atoms with Gasteiger partial charge in [-0.1, -0.05) is 24.6 Å². The zero-order valence-corrected chi connectivity index (χ0v) is 10.6. The number of rotatable bonds is 3. The molecule has 0 bridgehead atoms. The van der Waals surface area contributed by atoms with Crippen LogP contribution in [0.5, 0.6) is 0 Å². The number of hydrogen-bond donors (Lipinski definition) is 1. The number of benzene rings is 1. The SMILES string of the molecule is CCNC(C)c1cc2c(Cl)ccc(C)c2o1. The molecule has 1 aromatic heterocycles. The van der Waals surface area contributed by atoms with Crippen molar-refractivity contribution in [1.82, 2.24) is 5.32 Å². The van der Waals surface area contributed by atoms with Gasteiger partial charge in [-0.2, -0.15) is 0 Å². The van der Waals surface area contributed by atoms with Gasteiger partial charge in [0.05, 0.1) is 11.1 Å². The topological polar surface area (TPSA) is 25.2 Å². The smallest absolute Gasteiger partial charge is 0.138 e. The van der Waals surface area contributed by atoms with Crippen LogP contribution in [0.15, 0.2) is 22.6 Å². The van der Waals surface area contributed by atoms with Crippen molar-refractivity contribution in [3.05, 3.63) is 34.5 Å². The molecule has 0 spiro atoms. The first kappa shape index (κ1) is 11.5. The van der Waals surface area contributed by atoms with Gasteiger partial charge in [0, 0.05) is 5.39 Å². The van der Waals surface area contributed by atoms with Crippen molar-refractivity contribution in [2.75, 3.05) is 6.54 Å². The van der Waals surface area contributed by atoms with E-state index in [4.69, 9.17) is 16.0 Å². The average Bonchev–Trinajstić information content (AvgIpc) is 2.70. The molecular formula is C13H16ClNO. The molecule has 0 aliphatic carbocycles. The highest BCUT2D eigenvalue weighted by atomic mass is 35.5. The van der Waals surface area contributed by atoms with E-state index in [1.807, 2.05) is 25.1 Å². The van der Waals surface area contributed by atoms with Crippen molar-refractivity contribution >= 4 is 22.6 Å². The Hall–Kier alpha value is -0.990. The lowest BCUT2D eigenvalue weighted by atomic mass is 10.1. The summed E-state index contributed by atoms with van der Waals surface area (Å²) >= 11 is 6.14. The van der Waals surface area contributed by atoms with Gasteiger partial charge in [0.1, 0.15) is 11.3 Å². The lowest BCUT2D eigenvalue weighted by Gasteiger charge is -2.07. The number of furan rings is 1. The van der Waals surface area contributed by atoms with E-state index in [1.54, 1.807) is 0 Å². The molecule has 0 fully saturated rings. The van der Waals surface area contributed by atoms with Gasteiger partial charge in [0.15, 0.2) is 0 Å². The third-order valence-corrected chi connectivity index (χ3v) is 3.11. The molecule has 0 saturated carbocycles. The molecule has 86 valence electrons. The van der Waals surface area contributed by atoms with Crippen LogP contribution < -0.4 is 5.32 Å². The van der Waals surface area contributed by atoms with E-state index in [2.05, 4.69) is 19.2 Å². The molecule has 0 amide bonds. The van der Waals surface area contributed by atoms with Gasteiger partial charge in [-0.05, 0) is 38.1 Å². The molecule has 2 aromatic rings. The van der Waals surface area contributed by atoms with Crippen LogP contribution in [0.3, 0.4) is 0 Å². The number of halogens is 1. The maximum atomic E-state index is 6.14. The highest BCUT2D eigenvalue weighted by Crippen LogP contribution is 2.31. The molecule has 1 atom stereocenters. The van der Waals surface area contributed by atoms with Crippen LogP contribution in [-0.4, -0.2) is 6.54 Å². The Morgan fingerprint density at radius 2 is 2.19 bits per heavy atom. The van der Waals surface area contributed by atoms with Gasteiger partial charge in [0.2, 0.25) is 0 Å². The van der Waals surface area contributed by atoms with Crippen LogP contribution in [-0.2, 0) is 0 Å². The Balaban J connectivity index is 2.51. The number of nitrogens with one attached hydrogen (secondary N) is 1. The molecule has 0 aliphatic rings. The summed E-state index contributed by atoms with van der Waals surface area (Å²) in [5, 5.41) is 5.08. The van der Waals surface area contributed by atoms with Crippen LogP contribution in [0.25, 0.3) is 11.0 Å². The quantitative estimate of drug-likeness (QED) is 0.871. The molecule has 0 radical (unpaired) electrons. The predicted octanol–water partition coefficient (Wildman–Crippen LogP) is 4.07. The number of aryl methyl sites for hydroxylation is 1. The minimum absolute atomic E-state index is 0.216. The second kappa shape index (κ2) is 4.48. The second-order valence-corrected chi connectivity index (χ2v) is 4.44. The summed E-state index contributed by atoms with van der Waals surface area (Å²) in [7, 11) is 0. The van der Waals surface area contributed by atoms with E-state index in [1.165, 1.54) is 0 Å². The lowest BCUT2D eigenvalue weighted by Crippen LogP contribution is -2.16. The summed E-state index contributed by atoms with van der Waals surface area (Å²) in [4.78, 5) is 0. The van der Waals surface area contributed by atoms with Crippen LogP contribution in [0.1, 0.15) is 31.2 Å². The second-order valence-electron chi connectivity index (χ2n) is 4.04. The zero-order valence-electron chi connectivity index (χ0n) is 9.80. The van der Waals surface area contributed by atoms with Crippen LogP contribution in [0.2, 0.25) is 5.02 Å². The highest BCUT2D eigenvalue weighted by Gasteiger charge is 2.13. The summed E-state index contributed by atoms with van der Waals surface area (Å²) in [5.74, 6) is 0.938. The van der Waals surface area contributed by atoms with Crippen molar-refractivity contribution in [2.45, 2.75) is 26.8 Å². The molecule has 0 saturated heterocycles. The number of hydrogen-bond acceptors (Lipinski definition) is 2. The predicted molar refractivity (Wildman–Crippen MR) is 68.1 cm³/mol. The molecule has 2 nitrogen and oxygen atoms in total. The van der Waals surface area contributed by atoms with Crippen molar-refractivity contribution in [2.24, 2.45) is 0 Å². The van der Waals surface area contributed by atoms with E-state index >= 15 is 0 Å². The Bertz CT molecular complexity index is 465. The first-order chi connectivity index (χ1) is 7.63. The van der Waals surface area contributed by atoms with E-state index < -0.39 is 0 Å². The Morgan fingerprint density at radius 3 is 2.81 bits per heavy atom. The first-order valence-corrected chi connectivity index (χ1v) is 5.93. The van der Waals surface area contributed by atoms with Crippen LogP contribution in [0.4, 0.5) is 0 Å². The largest absolute Gasteiger partial charge is 0.459 e. The minimum Gasteiger partial charge on any atom is -0.459 e. The third kappa shape index (κ3) is 1.95. The number of fused-ring (bicyclic) bond motifs is 1. The third-order valence-electron chi connectivity index (χ3n) is 2.78. The monoisotopic (exact) mass is 237 g/mol. The summed E-state index contributed by atoms with van der Waals surface area (Å²) < 4.78 is 5.85. The van der Waals surface area contributed by atoms with Crippen LogP contribution in [0, 0.1) is 6.92 Å². The van der Waals surface area contributed by atoms with Gasteiger partial charge in [0.25, 0.3) is 0 Å². The fraction of sp³-hybridized carbons (Fsp3) is 0.385. The van der Waals surface area contributed by atoms with E-state index in [0.717, 1.165) is 33.9 Å². The lowest BCUT2D eigenvalue weighted by molar-refractivity contribution is 0.458. The average molecular weight is 238 g/mol. The minimum atomic E-state index is 0.216. The molecule has 1 unspecified atom stereocenters. The fourth-order valence-electron chi connectivity index (χ4n) is 1.86. The summed E-state index contributed by atoms with van der Waals surface area (Å²) in [6.07, 6.45) is 0. The molecule has 3 heteroatoms. The molecule has 1 N–H and O–H groups in total. The maximum absolute atomic E-state index is 6.14. The zero-order chi connectivity index (χ0) is 11.7. The van der Waals surface area contributed by atoms with E-state index in [-0.39, 0.29) is 6.04 Å². The van der Waals surface area contributed by atoms with Gasteiger partial charge >= 0.3 is 0 Å². The van der Waals surface area contributed by atoms with E-state index in [0.29, 0.717) is 0 Å². The van der Waals surface area contributed by atoms with Crippen LogP contribution >= 0.6 is 11.6 Å². The highest BCUT2D eigenvalue weighted by molar-refractivity contribution is 6.35. The summed E-state index contributed by atoms with van der Waals surface area (Å²) in [6, 6.07) is 6.14. The Kier molecular flexibility index (Phi) is 3.22. The Labute approximate surface area is 101 Å². The molecule has 1 aromatic carbocycles. The normalized spacial score (nSPS) is 13.2. The Morgan fingerprint density at radius 1 is 1.44 bits per heavy atom. The molecule has 0 aliphatic heterocycles. The standard InChI is InChI=1S/C13H16ClNO/c1-4-15-9(3)12-7-10-11(14)6-5-8(2)13(10)16-12/h5-7,9,15H,4H2,1-3H3. The van der Waals surface area contributed by atoms with Gasteiger partial charge in [-0.15, -0.1) is 0 Å². The molecule has 2 rings (SSSR count). The summed E-state index contributed by atoms with van der Waals surface area (Å²) in [6.45, 7) is 7.12. The van der Waals surface area contributed by atoms with Gasteiger partial charge < -0.3 is 9.73 Å². The first-order valence-electron chi connectivity index (χ1n) is 5.55.